The highest BCUT2D eigenvalue weighted by atomic mass is 32.1. The van der Waals surface area contributed by atoms with Crippen LogP contribution in [0.4, 0.5) is 0 Å². The number of carboxylic acid groups (broad SMARTS) is 1. The van der Waals surface area contributed by atoms with Crippen molar-refractivity contribution in [3.8, 4) is 0 Å². The summed E-state index contributed by atoms with van der Waals surface area (Å²) in [7, 11) is 0. The Morgan fingerprint density at radius 2 is 2.44 bits per heavy atom. The average Bonchev–Trinajstić information content (AvgIpc) is 2.81. The molecule has 0 aromatic carbocycles. The Balaban J connectivity index is 1.86. The first-order valence-corrected chi connectivity index (χ1v) is 7.21. The minimum absolute atomic E-state index is 0.129. The van der Waals surface area contributed by atoms with Crippen LogP contribution in [0, 0.1) is 0 Å². The average molecular weight is 269 g/mol. The summed E-state index contributed by atoms with van der Waals surface area (Å²) in [6.45, 7) is 4.66. The lowest BCUT2D eigenvalue weighted by Gasteiger charge is -2.36. The number of hydrogen-bond donors (Lipinski definition) is 1. The molecule has 1 N–H and O–H groups in total. The minimum Gasteiger partial charge on any atom is -0.481 e. The van der Waals surface area contributed by atoms with Gasteiger partial charge < -0.3 is 9.84 Å². The quantitative estimate of drug-likeness (QED) is 0.891. The molecule has 1 aromatic heterocycles. The Bertz CT molecular complexity index is 380. The molecule has 0 unspecified atom stereocenters. The third-order valence-electron chi connectivity index (χ3n) is 3.12. The van der Waals surface area contributed by atoms with Gasteiger partial charge in [0.15, 0.2) is 0 Å². The van der Waals surface area contributed by atoms with E-state index in [9.17, 15) is 4.79 Å². The highest BCUT2D eigenvalue weighted by Gasteiger charge is 2.26. The Hall–Kier alpha value is -0.910. The van der Waals surface area contributed by atoms with E-state index in [1.54, 1.807) is 11.3 Å². The van der Waals surface area contributed by atoms with Gasteiger partial charge in [-0.2, -0.15) is 11.3 Å². The molecule has 1 fully saturated rings. The molecule has 0 radical (unpaired) electrons. The number of thiophene rings is 1. The van der Waals surface area contributed by atoms with Crippen LogP contribution in [0.25, 0.3) is 0 Å². The van der Waals surface area contributed by atoms with E-state index >= 15 is 0 Å². The molecule has 5 heteroatoms. The van der Waals surface area contributed by atoms with E-state index in [0.29, 0.717) is 6.42 Å². The number of hydrogen-bond acceptors (Lipinski definition) is 4. The molecule has 100 valence electrons. The van der Waals surface area contributed by atoms with Crippen LogP contribution >= 0.6 is 11.3 Å². The lowest BCUT2D eigenvalue weighted by Crippen LogP contribution is -2.43. The summed E-state index contributed by atoms with van der Waals surface area (Å²) in [5.41, 5.74) is 1.23. The molecule has 18 heavy (non-hydrogen) atoms. The summed E-state index contributed by atoms with van der Waals surface area (Å²) in [6.07, 6.45) is 1.28. The van der Waals surface area contributed by atoms with Gasteiger partial charge in [-0.15, -0.1) is 0 Å². The van der Waals surface area contributed by atoms with Crippen molar-refractivity contribution in [1.82, 2.24) is 4.90 Å². The number of carbonyl (C=O) groups is 1. The molecule has 2 heterocycles. The lowest BCUT2D eigenvalue weighted by molar-refractivity contribution is -0.137. The molecule has 1 saturated heterocycles. The number of morpholine rings is 1. The fraction of sp³-hybridized carbons (Fsp3) is 0.615. The van der Waals surface area contributed by atoms with Crippen molar-refractivity contribution < 1.29 is 14.6 Å². The molecule has 0 bridgehead atoms. The molecule has 0 amide bonds. The van der Waals surface area contributed by atoms with Crippen LogP contribution in [0.15, 0.2) is 16.8 Å². The van der Waals surface area contributed by atoms with Gasteiger partial charge >= 0.3 is 5.97 Å². The molecule has 1 aliphatic rings. The zero-order chi connectivity index (χ0) is 13.0. The molecule has 0 saturated carbocycles. The van der Waals surface area contributed by atoms with Gasteiger partial charge in [-0.1, -0.05) is 0 Å². The van der Waals surface area contributed by atoms with Crippen LogP contribution in [0.3, 0.4) is 0 Å². The van der Waals surface area contributed by atoms with E-state index in [4.69, 9.17) is 9.84 Å². The van der Waals surface area contributed by atoms with Crippen LogP contribution in [-0.4, -0.2) is 41.7 Å². The van der Waals surface area contributed by atoms with E-state index < -0.39 is 5.97 Å². The summed E-state index contributed by atoms with van der Waals surface area (Å²) in [5.74, 6) is -0.717. The standard InChI is InChI=1S/C13H19NO3S/c1-10-7-14(5-2-3-13(15)16)8-12(17-10)11-4-6-18-9-11/h4,6,9-10,12H,2-3,5,7-8H2,1H3,(H,15,16)/t10-,12-/m1/s1. The Morgan fingerprint density at radius 3 is 3.11 bits per heavy atom. The van der Waals surface area contributed by atoms with Crippen molar-refractivity contribution in [2.75, 3.05) is 19.6 Å². The van der Waals surface area contributed by atoms with Crippen molar-refractivity contribution in [2.24, 2.45) is 0 Å². The van der Waals surface area contributed by atoms with Crippen LogP contribution in [-0.2, 0) is 9.53 Å². The summed E-state index contributed by atoms with van der Waals surface area (Å²) in [4.78, 5) is 12.8. The van der Waals surface area contributed by atoms with E-state index in [1.165, 1.54) is 5.56 Å². The number of ether oxygens (including phenoxy) is 1. The number of nitrogens with zero attached hydrogens (tertiary/aromatic N) is 1. The maximum absolute atomic E-state index is 10.5. The zero-order valence-corrected chi connectivity index (χ0v) is 11.4. The van der Waals surface area contributed by atoms with Crippen molar-refractivity contribution in [2.45, 2.75) is 32.0 Å². The maximum atomic E-state index is 10.5. The fourth-order valence-electron chi connectivity index (χ4n) is 2.32. The Morgan fingerprint density at radius 1 is 1.61 bits per heavy atom. The van der Waals surface area contributed by atoms with Gasteiger partial charge in [0, 0.05) is 19.5 Å². The third kappa shape index (κ3) is 3.80. The summed E-state index contributed by atoms with van der Waals surface area (Å²) in [5, 5.41) is 12.8. The topological polar surface area (TPSA) is 49.8 Å². The van der Waals surface area contributed by atoms with E-state index in [-0.39, 0.29) is 18.6 Å². The fourth-order valence-corrected chi connectivity index (χ4v) is 3.02. The molecule has 2 atom stereocenters. The van der Waals surface area contributed by atoms with Crippen molar-refractivity contribution >= 4 is 17.3 Å². The van der Waals surface area contributed by atoms with Gasteiger partial charge in [0.2, 0.25) is 0 Å². The van der Waals surface area contributed by atoms with Gasteiger partial charge in [0.25, 0.3) is 0 Å². The Labute approximate surface area is 111 Å². The normalized spacial score (nSPS) is 25.2. The van der Waals surface area contributed by atoms with Crippen LogP contribution in [0.5, 0.6) is 0 Å². The second kappa shape index (κ2) is 6.31. The summed E-state index contributed by atoms with van der Waals surface area (Å²) >= 11 is 1.68. The molecular weight excluding hydrogens is 250 g/mol. The summed E-state index contributed by atoms with van der Waals surface area (Å²) in [6, 6.07) is 2.10. The largest absolute Gasteiger partial charge is 0.481 e. The molecule has 2 rings (SSSR count). The van der Waals surface area contributed by atoms with Crippen molar-refractivity contribution in [3.63, 3.8) is 0 Å². The molecular formula is C13H19NO3S. The van der Waals surface area contributed by atoms with Crippen molar-refractivity contribution in [3.05, 3.63) is 22.4 Å². The van der Waals surface area contributed by atoms with Gasteiger partial charge in [0.05, 0.1) is 12.2 Å². The first-order valence-electron chi connectivity index (χ1n) is 6.27. The Kier molecular flexibility index (Phi) is 4.74. The first-order chi connectivity index (χ1) is 8.65. The van der Waals surface area contributed by atoms with Gasteiger partial charge in [-0.25, -0.2) is 0 Å². The second-order valence-electron chi connectivity index (χ2n) is 4.75. The smallest absolute Gasteiger partial charge is 0.303 e. The molecule has 4 nitrogen and oxygen atoms in total. The third-order valence-corrected chi connectivity index (χ3v) is 3.82. The van der Waals surface area contributed by atoms with Crippen LogP contribution in [0.2, 0.25) is 0 Å². The minimum atomic E-state index is -0.717. The number of aliphatic carboxylic acids is 1. The number of carboxylic acids is 1. The molecule has 1 aromatic rings. The van der Waals surface area contributed by atoms with E-state index in [0.717, 1.165) is 19.6 Å². The van der Waals surface area contributed by atoms with Crippen molar-refractivity contribution in [1.29, 1.82) is 0 Å². The monoisotopic (exact) mass is 269 g/mol. The van der Waals surface area contributed by atoms with E-state index in [1.807, 2.05) is 0 Å². The molecule has 0 spiro atoms. The van der Waals surface area contributed by atoms with Crippen LogP contribution < -0.4 is 0 Å². The molecule has 0 aliphatic carbocycles. The number of rotatable bonds is 5. The van der Waals surface area contributed by atoms with E-state index in [2.05, 4.69) is 28.7 Å². The van der Waals surface area contributed by atoms with Gasteiger partial charge in [0.1, 0.15) is 0 Å². The second-order valence-corrected chi connectivity index (χ2v) is 5.53. The first kappa shape index (κ1) is 13.5. The predicted molar refractivity (Wildman–Crippen MR) is 70.9 cm³/mol. The van der Waals surface area contributed by atoms with Crippen LogP contribution in [0.1, 0.15) is 31.4 Å². The lowest BCUT2D eigenvalue weighted by atomic mass is 10.1. The predicted octanol–water partition coefficient (Wildman–Crippen LogP) is 2.37. The maximum Gasteiger partial charge on any atom is 0.303 e. The SMILES string of the molecule is C[C@@H]1CN(CCCC(=O)O)C[C@H](c2ccsc2)O1. The molecule has 1 aliphatic heterocycles. The zero-order valence-electron chi connectivity index (χ0n) is 10.5. The van der Waals surface area contributed by atoms with Gasteiger partial charge in [-0.3, -0.25) is 9.69 Å². The summed E-state index contributed by atoms with van der Waals surface area (Å²) < 4.78 is 5.94. The highest BCUT2D eigenvalue weighted by Crippen LogP contribution is 2.26. The van der Waals surface area contributed by atoms with Gasteiger partial charge in [-0.05, 0) is 42.3 Å². The highest BCUT2D eigenvalue weighted by molar-refractivity contribution is 7.07.